The quantitative estimate of drug-likeness (QED) is 0.825. The first-order valence-corrected chi connectivity index (χ1v) is 5.35. The van der Waals surface area contributed by atoms with Gasteiger partial charge < -0.3 is 4.74 Å². The minimum atomic E-state index is -0.346. The number of halogens is 1. The summed E-state index contributed by atoms with van der Waals surface area (Å²) in [5.41, 5.74) is 0.600. The Labute approximate surface area is 103 Å². The van der Waals surface area contributed by atoms with Gasteiger partial charge >= 0.3 is 6.01 Å². The lowest BCUT2D eigenvalue weighted by molar-refractivity contribution is -0.119. The van der Waals surface area contributed by atoms with E-state index in [-0.39, 0.29) is 24.2 Å². The molecular formula is C12H12FN3O2. The highest BCUT2D eigenvalue weighted by molar-refractivity contribution is 5.76. The van der Waals surface area contributed by atoms with Crippen molar-refractivity contribution in [2.24, 2.45) is 7.05 Å². The Kier molecular flexibility index (Phi) is 3.36. The van der Waals surface area contributed by atoms with E-state index in [1.165, 1.54) is 23.7 Å². The van der Waals surface area contributed by atoms with Crippen LogP contribution in [-0.2, 0) is 11.8 Å². The Morgan fingerprint density at radius 3 is 2.94 bits per heavy atom. The van der Waals surface area contributed by atoms with Gasteiger partial charge in [-0.3, -0.25) is 4.79 Å². The molecule has 0 spiro atoms. The number of Topliss-reactive ketones (excluding diaryl/α,β-unsaturated/α-hetero) is 1. The van der Waals surface area contributed by atoms with Gasteiger partial charge in [0.15, 0.2) is 11.6 Å². The number of nitrogens with zero attached hydrogens (tertiary/aromatic N) is 3. The van der Waals surface area contributed by atoms with E-state index in [0.29, 0.717) is 11.4 Å². The second-order valence-corrected chi connectivity index (χ2v) is 3.84. The van der Waals surface area contributed by atoms with Gasteiger partial charge in [-0.1, -0.05) is 12.1 Å². The molecule has 1 aromatic heterocycles. The largest absolute Gasteiger partial charge is 0.454 e. The summed E-state index contributed by atoms with van der Waals surface area (Å²) in [5.74, 6) is 0.0181. The molecule has 0 fully saturated rings. The second-order valence-electron chi connectivity index (χ2n) is 3.84. The molecule has 1 heterocycles. The van der Waals surface area contributed by atoms with Crippen LogP contribution in [0, 0.1) is 5.82 Å². The molecule has 0 saturated heterocycles. The topological polar surface area (TPSA) is 57.0 Å². The third kappa shape index (κ3) is 2.71. The minimum Gasteiger partial charge on any atom is -0.454 e. The first kappa shape index (κ1) is 12.2. The summed E-state index contributed by atoms with van der Waals surface area (Å²) >= 11 is 0. The van der Waals surface area contributed by atoms with Gasteiger partial charge in [0, 0.05) is 12.6 Å². The molecule has 5 nitrogen and oxygen atoms in total. The van der Waals surface area contributed by atoms with E-state index in [2.05, 4.69) is 10.1 Å². The summed E-state index contributed by atoms with van der Waals surface area (Å²) in [6, 6.07) is 6.13. The molecule has 18 heavy (non-hydrogen) atoms. The van der Waals surface area contributed by atoms with Crippen molar-refractivity contribution < 1.29 is 13.9 Å². The Bertz CT molecular complexity index is 580. The highest BCUT2D eigenvalue weighted by Gasteiger charge is 2.11. The monoisotopic (exact) mass is 249 g/mol. The molecule has 0 N–H and O–H groups in total. The highest BCUT2D eigenvalue weighted by atomic mass is 19.1. The fourth-order valence-corrected chi connectivity index (χ4v) is 1.47. The fourth-order valence-electron chi connectivity index (χ4n) is 1.47. The molecule has 2 rings (SSSR count). The number of hydrogen-bond acceptors (Lipinski definition) is 4. The van der Waals surface area contributed by atoms with Crippen LogP contribution in [0.5, 0.6) is 6.01 Å². The van der Waals surface area contributed by atoms with Crippen LogP contribution >= 0.6 is 0 Å². The number of aryl methyl sites for hydroxylation is 1. The second kappa shape index (κ2) is 4.95. The molecular weight excluding hydrogens is 237 g/mol. The van der Waals surface area contributed by atoms with Gasteiger partial charge in [0.25, 0.3) is 0 Å². The molecule has 0 bridgehead atoms. The smallest absolute Gasteiger partial charge is 0.336 e. The van der Waals surface area contributed by atoms with Crippen molar-refractivity contribution >= 4 is 5.78 Å². The van der Waals surface area contributed by atoms with Crippen molar-refractivity contribution in [1.82, 2.24) is 14.8 Å². The molecule has 0 unspecified atom stereocenters. The van der Waals surface area contributed by atoms with Crippen molar-refractivity contribution in [3.63, 3.8) is 0 Å². The number of benzene rings is 1. The lowest BCUT2D eigenvalue weighted by atomic mass is 10.2. The van der Waals surface area contributed by atoms with E-state index < -0.39 is 0 Å². The van der Waals surface area contributed by atoms with Crippen molar-refractivity contribution in [3.8, 4) is 17.4 Å². The molecule has 0 amide bonds. The SMILES string of the molecule is CC(=O)COc1nc(-c2cccc(F)c2)n(C)n1. The minimum absolute atomic E-state index is 0.0768. The van der Waals surface area contributed by atoms with Gasteiger partial charge in [0.1, 0.15) is 12.4 Å². The van der Waals surface area contributed by atoms with Crippen molar-refractivity contribution in [2.75, 3.05) is 6.61 Å². The number of ether oxygens (including phenoxy) is 1. The van der Waals surface area contributed by atoms with E-state index in [1.54, 1.807) is 19.2 Å². The van der Waals surface area contributed by atoms with Crippen LogP contribution in [0.1, 0.15) is 6.92 Å². The van der Waals surface area contributed by atoms with Crippen LogP contribution in [0.4, 0.5) is 4.39 Å². The first-order chi connectivity index (χ1) is 8.56. The number of hydrogen-bond donors (Lipinski definition) is 0. The molecule has 0 saturated carbocycles. The van der Waals surface area contributed by atoms with E-state index in [9.17, 15) is 9.18 Å². The molecule has 94 valence electrons. The maximum atomic E-state index is 13.1. The molecule has 0 radical (unpaired) electrons. The maximum Gasteiger partial charge on any atom is 0.336 e. The standard InChI is InChI=1S/C12H12FN3O2/c1-8(17)7-18-12-14-11(16(2)15-12)9-4-3-5-10(13)6-9/h3-6H,7H2,1-2H3. The van der Waals surface area contributed by atoms with E-state index in [0.717, 1.165) is 0 Å². The van der Waals surface area contributed by atoms with Gasteiger partial charge in [-0.2, -0.15) is 4.98 Å². The molecule has 0 aliphatic rings. The average Bonchev–Trinajstić information content (AvgIpc) is 2.68. The zero-order valence-corrected chi connectivity index (χ0v) is 10.1. The zero-order valence-electron chi connectivity index (χ0n) is 10.1. The van der Waals surface area contributed by atoms with E-state index in [1.807, 2.05) is 0 Å². The molecule has 2 aromatic rings. The Morgan fingerprint density at radius 1 is 1.50 bits per heavy atom. The maximum absolute atomic E-state index is 13.1. The number of carbonyl (C=O) groups excluding carboxylic acids is 1. The summed E-state index contributed by atoms with van der Waals surface area (Å²) in [4.78, 5) is 14.9. The Hall–Kier alpha value is -2.24. The Balaban J connectivity index is 2.26. The number of aromatic nitrogens is 3. The van der Waals surface area contributed by atoms with E-state index in [4.69, 9.17) is 4.74 Å². The molecule has 1 aromatic carbocycles. The molecule has 0 aliphatic carbocycles. The number of ketones is 1. The van der Waals surface area contributed by atoms with Gasteiger partial charge in [-0.05, 0) is 19.1 Å². The first-order valence-electron chi connectivity index (χ1n) is 5.35. The summed E-state index contributed by atoms with van der Waals surface area (Å²) < 4.78 is 19.7. The predicted octanol–water partition coefficient (Wildman–Crippen LogP) is 1.59. The fraction of sp³-hybridized carbons (Fsp3) is 0.250. The number of carbonyl (C=O) groups is 1. The predicted molar refractivity (Wildman–Crippen MR) is 62.6 cm³/mol. The summed E-state index contributed by atoms with van der Waals surface area (Å²) in [6.07, 6.45) is 0. The van der Waals surface area contributed by atoms with E-state index >= 15 is 0 Å². The van der Waals surface area contributed by atoms with Crippen molar-refractivity contribution in [2.45, 2.75) is 6.92 Å². The van der Waals surface area contributed by atoms with Crippen LogP contribution in [0.15, 0.2) is 24.3 Å². The van der Waals surface area contributed by atoms with Crippen LogP contribution < -0.4 is 4.74 Å². The van der Waals surface area contributed by atoms with Crippen LogP contribution in [0.25, 0.3) is 11.4 Å². The lowest BCUT2D eigenvalue weighted by Crippen LogP contribution is -2.07. The number of rotatable bonds is 4. The molecule has 6 heteroatoms. The average molecular weight is 249 g/mol. The van der Waals surface area contributed by atoms with Gasteiger partial charge in [0.2, 0.25) is 0 Å². The van der Waals surface area contributed by atoms with Crippen molar-refractivity contribution in [3.05, 3.63) is 30.1 Å². The third-order valence-electron chi connectivity index (χ3n) is 2.23. The van der Waals surface area contributed by atoms with Gasteiger partial charge in [0.05, 0.1) is 0 Å². The highest BCUT2D eigenvalue weighted by Crippen LogP contribution is 2.19. The Morgan fingerprint density at radius 2 is 2.28 bits per heavy atom. The van der Waals surface area contributed by atoms with Crippen molar-refractivity contribution in [1.29, 1.82) is 0 Å². The van der Waals surface area contributed by atoms with Crippen LogP contribution in [-0.4, -0.2) is 27.2 Å². The summed E-state index contributed by atoms with van der Waals surface area (Å²) in [6.45, 7) is 1.34. The summed E-state index contributed by atoms with van der Waals surface area (Å²) in [7, 11) is 1.67. The van der Waals surface area contributed by atoms with Crippen LogP contribution in [0.2, 0.25) is 0 Å². The zero-order chi connectivity index (χ0) is 13.1. The van der Waals surface area contributed by atoms with Gasteiger partial charge in [-0.15, -0.1) is 5.10 Å². The van der Waals surface area contributed by atoms with Crippen LogP contribution in [0.3, 0.4) is 0 Å². The molecule has 0 aliphatic heterocycles. The normalized spacial score (nSPS) is 10.4. The van der Waals surface area contributed by atoms with Gasteiger partial charge in [-0.25, -0.2) is 9.07 Å². The lowest BCUT2D eigenvalue weighted by Gasteiger charge is -1.98. The third-order valence-corrected chi connectivity index (χ3v) is 2.23. The summed E-state index contributed by atoms with van der Waals surface area (Å²) in [5, 5.41) is 4.00. The molecule has 0 atom stereocenters.